The average Bonchev–Trinajstić information content (AvgIpc) is 2.98. The Morgan fingerprint density at radius 2 is 2.10 bits per heavy atom. The molecule has 0 fully saturated rings. The maximum Gasteiger partial charge on any atom is 0.134 e. The van der Waals surface area contributed by atoms with Gasteiger partial charge in [-0.15, -0.1) is 11.3 Å². The molecule has 0 bridgehead atoms. The van der Waals surface area contributed by atoms with Crippen molar-refractivity contribution >= 4 is 23.0 Å². The van der Waals surface area contributed by atoms with E-state index in [-0.39, 0.29) is 0 Å². The molecule has 114 valence electrons. The monoisotopic (exact) mass is 305 g/mol. The Labute approximate surface area is 130 Å². The third kappa shape index (κ3) is 4.67. The SMILES string of the molecule is CCCNc1cc(N(C)Cc2cscn2)nc(CCC)n1. The summed E-state index contributed by atoms with van der Waals surface area (Å²) in [7, 11) is 2.04. The fourth-order valence-electron chi connectivity index (χ4n) is 2.00. The number of aromatic nitrogens is 3. The second-order valence-electron chi connectivity index (χ2n) is 5.04. The number of rotatable bonds is 8. The van der Waals surface area contributed by atoms with Crippen LogP contribution in [-0.2, 0) is 13.0 Å². The number of anilines is 2. The lowest BCUT2D eigenvalue weighted by atomic mass is 10.3. The molecular formula is C15H23N5S. The molecule has 2 rings (SSSR count). The summed E-state index contributed by atoms with van der Waals surface area (Å²) < 4.78 is 0. The molecule has 0 aromatic carbocycles. The standard InChI is InChI=1S/C15H23N5S/c1-4-6-13-18-14(16-7-5-2)8-15(19-13)20(3)9-12-10-21-11-17-12/h8,10-11H,4-7,9H2,1-3H3,(H,16,18,19). The van der Waals surface area contributed by atoms with Gasteiger partial charge >= 0.3 is 0 Å². The van der Waals surface area contributed by atoms with Crippen molar-refractivity contribution in [2.24, 2.45) is 0 Å². The Bertz CT molecular complexity index is 541. The molecule has 0 aliphatic rings. The van der Waals surface area contributed by atoms with Gasteiger partial charge < -0.3 is 10.2 Å². The molecule has 0 atom stereocenters. The number of nitrogens with zero attached hydrogens (tertiary/aromatic N) is 4. The smallest absolute Gasteiger partial charge is 0.134 e. The Morgan fingerprint density at radius 1 is 1.24 bits per heavy atom. The molecule has 0 unspecified atom stereocenters. The molecule has 0 spiro atoms. The van der Waals surface area contributed by atoms with Gasteiger partial charge in [-0.2, -0.15) is 0 Å². The minimum absolute atomic E-state index is 0.763. The highest BCUT2D eigenvalue weighted by Gasteiger charge is 2.09. The van der Waals surface area contributed by atoms with Crippen LogP contribution in [0.25, 0.3) is 0 Å². The Kier molecular flexibility index (Phi) is 5.92. The van der Waals surface area contributed by atoms with Gasteiger partial charge in [0.05, 0.1) is 17.7 Å². The maximum absolute atomic E-state index is 4.66. The van der Waals surface area contributed by atoms with E-state index in [1.54, 1.807) is 11.3 Å². The average molecular weight is 305 g/mol. The molecule has 0 amide bonds. The molecule has 0 saturated carbocycles. The molecule has 21 heavy (non-hydrogen) atoms. The van der Waals surface area contributed by atoms with Crippen molar-refractivity contribution in [3.63, 3.8) is 0 Å². The molecule has 0 aliphatic carbocycles. The normalized spacial score (nSPS) is 10.6. The molecule has 2 aromatic rings. The van der Waals surface area contributed by atoms with Crippen LogP contribution in [0.4, 0.5) is 11.6 Å². The Hall–Kier alpha value is -1.69. The second kappa shape index (κ2) is 7.93. The van der Waals surface area contributed by atoms with Crippen LogP contribution in [0.5, 0.6) is 0 Å². The van der Waals surface area contributed by atoms with E-state index in [0.29, 0.717) is 0 Å². The van der Waals surface area contributed by atoms with Crippen molar-refractivity contribution < 1.29 is 0 Å². The number of thiazole rings is 1. The van der Waals surface area contributed by atoms with Crippen LogP contribution in [0, 0.1) is 0 Å². The quantitative estimate of drug-likeness (QED) is 0.810. The number of nitrogens with one attached hydrogen (secondary N) is 1. The second-order valence-corrected chi connectivity index (χ2v) is 5.76. The fourth-order valence-corrected chi connectivity index (χ4v) is 2.55. The van der Waals surface area contributed by atoms with E-state index < -0.39 is 0 Å². The van der Waals surface area contributed by atoms with E-state index in [1.165, 1.54) is 0 Å². The third-order valence-corrected chi connectivity index (χ3v) is 3.70. The van der Waals surface area contributed by atoms with Crippen LogP contribution in [0.2, 0.25) is 0 Å². The molecule has 0 radical (unpaired) electrons. The molecule has 6 heteroatoms. The summed E-state index contributed by atoms with van der Waals surface area (Å²) in [6.45, 7) is 5.99. The summed E-state index contributed by atoms with van der Waals surface area (Å²) in [5, 5.41) is 5.43. The molecule has 5 nitrogen and oxygen atoms in total. The first-order valence-electron chi connectivity index (χ1n) is 7.43. The summed E-state index contributed by atoms with van der Waals surface area (Å²) in [5.74, 6) is 2.76. The van der Waals surface area contributed by atoms with Crippen molar-refractivity contribution in [2.45, 2.75) is 39.7 Å². The Morgan fingerprint density at radius 3 is 2.76 bits per heavy atom. The van der Waals surface area contributed by atoms with Crippen molar-refractivity contribution in [1.29, 1.82) is 0 Å². The van der Waals surface area contributed by atoms with Gasteiger partial charge in [0.2, 0.25) is 0 Å². The van der Waals surface area contributed by atoms with E-state index in [2.05, 4.69) is 44.4 Å². The van der Waals surface area contributed by atoms with Crippen LogP contribution in [0.15, 0.2) is 17.0 Å². The number of hydrogen-bond acceptors (Lipinski definition) is 6. The molecule has 2 heterocycles. The first kappa shape index (κ1) is 15.7. The van der Waals surface area contributed by atoms with E-state index in [4.69, 9.17) is 0 Å². The van der Waals surface area contributed by atoms with E-state index in [1.807, 2.05) is 18.6 Å². The van der Waals surface area contributed by atoms with Crippen molar-refractivity contribution in [2.75, 3.05) is 23.8 Å². The van der Waals surface area contributed by atoms with Crippen LogP contribution in [0.1, 0.15) is 38.2 Å². The Balaban J connectivity index is 2.17. The van der Waals surface area contributed by atoms with Crippen LogP contribution >= 0.6 is 11.3 Å². The lowest BCUT2D eigenvalue weighted by Crippen LogP contribution is -2.19. The largest absolute Gasteiger partial charge is 0.370 e. The van der Waals surface area contributed by atoms with Crippen molar-refractivity contribution in [3.8, 4) is 0 Å². The zero-order chi connectivity index (χ0) is 15.1. The van der Waals surface area contributed by atoms with Crippen LogP contribution < -0.4 is 10.2 Å². The highest BCUT2D eigenvalue weighted by Crippen LogP contribution is 2.18. The minimum Gasteiger partial charge on any atom is -0.370 e. The molecule has 2 aromatic heterocycles. The summed E-state index contributed by atoms with van der Waals surface area (Å²) in [6, 6.07) is 2.02. The topological polar surface area (TPSA) is 53.9 Å². The van der Waals surface area contributed by atoms with Crippen molar-refractivity contribution in [3.05, 3.63) is 28.5 Å². The first-order valence-corrected chi connectivity index (χ1v) is 8.37. The van der Waals surface area contributed by atoms with Gasteiger partial charge in [-0.3, -0.25) is 0 Å². The minimum atomic E-state index is 0.763. The predicted molar refractivity (Wildman–Crippen MR) is 89.0 cm³/mol. The lowest BCUT2D eigenvalue weighted by molar-refractivity contribution is 0.806. The zero-order valence-electron chi connectivity index (χ0n) is 13.0. The number of aryl methyl sites for hydroxylation is 1. The molecular weight excluding hydrogens is 282 g/mol. The van der Waals surface area contributed by atoms with E-state index in [9.17, 15) is 0 Å². The molecule has 0 aliphatic heterocycles. The lowest BCUT2D eigenvalue weighted by Gasteiger charge is -2.19. The fraction of sp³-hybridized carbons (Fsp3) is 0.533. The van der Waals surface area contributed by atoms with Gasteiger partial charge in [0, 0.05) is 31.5 Å². The molecule has 1 N–H and O–H groups in total. The summed E-state index contributed by atoms with van der Waals surface area (Å²) in [4.78, 5) is 15.7. The van der Waals surface area contributed by atoms with Gasteiger partial charge in [-0.25, -0.2) is 15.0 Å². The van der Waals surface area contributed by atoms with Crippen molar-refractivity contribution in [1.82, 2.24) is 15.0 Å². The highest BCUT2D eigenvalue weighted by atomic mass is 32.1. The van der Waals surface area contributed by atoms with Gasteiger partial charge in [0.25, 0.3) is 0 Å². The van der Waals surface area contributed by atoms with E-state index in [0.717, 1.165) is 55.5 Å². The summed E-state index contributed by atoms with van der Waals surface area (Å²) in [6.07, 6.45) is 3.03. The maximum atomic E-state index is 4.66. The van der Waals surface area contributed by atoms with Gasteiger partial charge in [-0.05, 0) is 12.8 Å². The van der Waals surface area contributed by atoms with Crippen LogP contribution in [-0.4, -0.2) is 28.5 Å². The third-order valence-electron chi connectivity index (χ3n) is 3.06. The predicted octanol–water partition coefficient (Wildman–Crippen LogP) is 3.34. The van der Waals surface area contributed by atoms with Crippen LogP contribution in [0.3, 0.4) is 0 Å². The van der Waals surface area contributed by atoms with Gasteiger partial charge in [-0.1, -0.05) is 13.8 Å². The molecule has 0 saturated heterocycles. The van der Waals surface area contributed by atoms with Gasteiger partial charge in [0.1, 0.15) is 17.5 Å². The number of hydrogen-bond donors (Lipinski definition) is 1. The summed E-state index contributed by atoms with van der Waals surface area (Å²) >= 11 is 1.62. The first-order chi connectivity index (χ1) is 10.2. The van der Waals surface area contributed by atoms with Gasteiger partial charge in [0.15, 0.2) is 0 Å². The highest BCUT2D eigenvalue weighted by molar-refractivity contribution is 7.07. The van der Waals surface area contributed by atoms with E-state index >= 15 is 0 Å². The zero-order valence-corrected chi connectivity index (χ0v) is 13.8. The summed E-state index contributed by atoms with van der Waals surface area (Å²) in [5.41, 5.74) is 2.93.